The monoisotopic (exact) mass is 400 g/mol. The molecule has 6 nitrogen and oxygen atoms in total. The molecule has 1 heterocycles. The maximum Gasteiger partial charge on any atom is 0.159 e. The SMILES string of the molecule is CC(C)N=C(N)c1ccc(-c2ccnc(-c3ccc(C(N)=NC(C)C)cc3)n2)cc1. The summed E-state index contributed by atoms with van der Waals surface area (Å²) in [5, 5.41) is 0. The van der Waals surface area contributed by atoms with Gasteiger partial charge in [0.2, 0.25) is 0 Å². The number of hydrogen-bond donors (Lipinski definition) is 2. The van der Waals surface area contributed by atoms with Crippen molar-refractivity contribution in [3.63, 3.8) is 0 Å². The Kier molecular flexibility index (Phi) is 6.57. The second-order valence-corrected chi connectivity index (χ2v) is 7.64. The highest BCUT2D eigenvalue weighted by atomic mass is 14.9. The third-order valence-corrected chi connectivity index (χ3v) is 4.37. The lowest BCUT2D eigenvalue weighted by molar-refractivity contribution is 0.834. The minimum absolute atomic E-state index is 0.156. The summed E-state index contributed by atoms with van der Waals surface area (Å²) < 4.78 is 0. The molecule has 3 rings (SSSR count). The highest BCUT2D eigenvalue weighted by Gasteiger charge is 2.07. The van der Waals surface area contributed by atoms with Gasteiger partial charge >= 0.3 is 0 Å². The summed E-state index contributed by atoms with van der Waals surface area (Å²) in [7, 11) is 0. The van der Waals surface area contributed by atoms with Crippen LogP contribution in [0.2, 0.25) is 0 Å². The molecule has 6 heteroatoms. The lowest BCUT2D eigenvalue weighted by Crippen LogP contribution is -2.15. The lowest BCUT2D eigenvalue weighted by atomic mass is 10.1. The molecule has 0 amide bonds. The number of hydrogen-bond acceptors (Lipinski definition) is 4. The number of rotatable bonds is 6. The van der Waals surface area contributed by atoms with Gasteiger partial charge in [-0.2, -0.15) is 0 Å². The first-order valence-corrected chi connectivity index (χ1v) is 10.0. The van der Waals surface area contributed by atoms with E-state index >= 15 is 0 Å². The van der Waals surface area contributed by atoms with Crippen LogP contribution < -0.4 is 11.5 Å². The minimum atomic E-state index is 0.156. The number of aliphatic imine (C=N–C) groups is 2. The van der Waals surface area contributed by atoms with Crippen molar-refractivity contribution in [2.24, 2.45) is 21.5 Å². The van der Waals surface area contributed by atoms with Crippen molar-refractivity contribution >= 4 is 11.7 Å². The first kappa shape index (κ1) is 21.2. The summed E-state index contributed by atoms with van der Waals surface area (Å²) in [6, 6.07) is 17.9. The topological polar surface area (TPSA) is 103 Å². The maximum atomic E-state index is 6.05. The number of aromatic nitrogens is 2. The molecular formula is C24H28N6. The molecule has 154 valence electrons. The number of nitrogens with two attached hydrogens (primary N) is 2. The number of amidine groups is 2. The third kappa shape index (κ3) is 5.29. The predicted molar refractivity (Wildman–Crippen MR) is 125 cm³/mol. The summed E-state index contributed by atoms with van der Waals surface area (Å²) in [4.78, 5) is 17.9. The van der Waals surface area contributed by atoms with Gasteiger partial charge in [-0.1, -0.05) is 48.5 Å². The molecule has 0 atom stereocenters. The fourth-order valence-electron chi connectivity index (χ4n) is 2.97. The van der Waals surface area contributed by atoms with Crippen molar-refractivity contribution in [3.8, 4) is 22.6 Å². The molecular weight excluding hydrogens is 372 g/mol. The summed E-state index contributed by atoms with van der Waals surface area (Å²) in [6.07, 6.45) is 1.77. The average molecular weight is 401 g/mol. The third-order valence-electron chi connectivity index (χ3n) is 4.37. The van der Waals surface area contributed by atoms with E-state index < -0.39 is 0 Å². The Balaban J connectivity index is 1.84. The van der Waals surface area contributed by atoms with E-state index in [0.29, 0.717) is 17.5 Å². The van der Waals surface area contributed by atoms with E-state index in [-0.39, 0.29) is 12.1 Å². The molecule has 0 saturated heterocycles. The lowest BCUT2D eigenvalue weighted by Gasteiger charge is -2.08. The normalized spacial score (nSPS) is 12.6. The quantitative estimate of drug-likeness (QED) is 0.481. The van der Waals surface area contributed by atoms with Crippen LogP contribution in [0.3, 0.4) is 0 Å². The van der Waals surface area contributed by atoms with Gasteiger partial charge in [-0.3, -0.25) is 9.98 Å². The molecule has 30 heavy (non-hydrogen) atoms. The van der Waals surface area contributed by atoms with Crippen LogP contribution in [-0.4, -0.2) is 33.7 Å². The van der Waals surface area contributed by atoms with Crippen molar-refractivity contribution in [3.05, 3.63) is 71.9 Å². The van der Waals surface area contributed by atoms with Gasteiger partial charge in [0.1, 0.15) is 11.7 Å². The van der Waals surface area contributed by atoms with E-state index in [1.165, 1.54) is 0 Å². The van der Waals surface area contributed by atoms with Gasteiger partial charge in [-0.15, -0.1) is 0 Å². The zero-order chi connectivity index (χ0) is 21.7. The minimum Gasteiger partial charge on any atom is -0.383 e. The van der Waals surface area contributed by atoms with Crippen molar-refractivity contribution in [1.82, 2.24) is 9.97 Å². The van der Waals surface area contributed by atoms with Crippen molar-refractivity contribution in [2.75, 3.05) is 0 Å². The van der Waals surface area contributed by atoms with Crippen LogP contribution >= 0.6 is 0 Å². The van der Waals surface area contributed by atoms with Gasteiger partial charge in [-0.25, -0.2) is 9.97 Å². The van der Waals surface area contributed by atoms with Crippen LogP contribution in [0.25, 0.3) is 22.6 Å². The molecule has 0 bridgehead atoms. The van der Waals surface area contributed by atoms with E-state index in [0.717, 1.165) is 27.9 Å². The Morgan fingerprint density at radius 3 is 1.63 bits per heavy atom. The van der Waals surface area contributed by atoms with Crippen LogP contribution in [0, 0.1) is 0 Å². The van der Waals surface area contributed by atoms with Gasteiger partial charge in [0.25, 0.3) is 0 Å². The molecule has 0 aliphatic heterocycles. The smallest absolute Gasteiger partial charge is 0.159 e. The Bertz CT molecular complexity index is 965. The Morgan fingerprint density at radius 1 is 0.700 bits per heavy atom. The van der Waals surface area contributed by atoms with Crippen molar-refractivity contribution in [2.45, 2.75) is 39.8 Å². The van der Waals surface area contributed by atoms with E-state index in [4.69, 9.17) is 16.5 Å². The molecule has 0 fully saturated rings. The molecule has 0 aliphatic carbocycles. The van der Waals surface area contributed by atoms with Gasteiger partial charge < -0.3 is 11.5 Å². The molecule has 0 saturated carbocycles. The second-order valence-electron chi connectivity index (χ2n) is 7.64. The van der Waals surface area contributed by atoms with Gasteiger partial charge in [0, 0.05) is 40.5 Å². The van der Waals surface area contributed by atoms with Crippen LogP contribution in [0.1, 0.15) is 38.8 Å². The van der Waals surface area contributed by atoms with E-state index in [1.807, 2.05) is 82.3 Å². The highest BCUT2D eigenvalue weighted by Crippen LogP contribution is 2.22. The number of nitrogens with zero attached hydrogens (tertiary/aromatic N) is 4. The van der Waals surface area contributed by atoms with Crippen molar-refractivity contribution in [1.29, 1.82) is 0 Å². The van der Waals surface area contributed by atoms with Crippen LogP contribution in [0.15, 0.2) is 70.8 Å². The summed E-state index contributed by atoms with van der Waals surface area (Å²) in [6.45, 7) is 8.00. The molecule has 0 radical (unpaired) electrons. The molecule has 0 spiro atoms. The number of benzene rings is 2. The zero-order valence-electron chi connectivity index (χ0n) is 17.9. The standard InChI is InChI=1S/C24H28N6/c1-15(2)28-22(25)18-7-5-17(6-8-18)21-13-14-27-24(30-21)20-11-9-19(10-12-20)23(26)29-16(3)4/h5-16H,1-4H3,(H2,25,28)(H2,26,29). The molecule has 0 aliphatic rings. The summed E-state index contributed by atoms with van der Waals surface area (Å²) in [5.74, 6) is 1.73. The van der Waals surface area contributed by atoms with Crippen LogP contribution in [0.5, 0.6) is 0 Å². The Morgan fingerprint density at radius 2 is 1.17 bits per heavy atom. The zero-order valence-corrected chi connectivity index (χ0v) is 17.9. The first-order valence-electron chi connectivity index (χ1n) is 10.0. The predicted octanol–water partition coefficient (Wildman–Crippen LogP) is 4.04. The highest BCUT2D eigenvalue weighted by molar-refractivity contribution is 5.98. The molecule has 1 aromatic heterocycles. The summed E-state index contributed by atoms with van der Waals surface area (Å²) in [5.41, 5.74) is 16.6. The van der Waals surface area contributed by atoms with Crippen LogP contribution in [0.4, 0.5) is 0 Å². The maximum absolute atomic E-state index is 6.05. The Labute approximate surface area is 177 Å². The van der Waals surface area contributed by atoms with Gasteiger partial charge in [0.15, 0.2) is 5.82 Å². The largest absolute Gasteiger partial charge is 0.383 e. The second kappa shape index (κ2) is 9.31. The average Bonchev–Trinajstić information content (AvgIpc) is 2.73. The van der Waals surface area contributed by atoms with E-state index in [2.05, 4.69) is 15.0 Å². The fraction of sp³-hybridized carbons (Fsp3) is 0.250. The van der Waals surface area contributed by atoms with E-state index in [9.17, 15) is 0 Å². The van der Waals surface area contributed by atoms with E-state index in [1.54, 1.807) is 6.20 Å². The molecule has 0 unspecified atom stereocenters. The van der Waals surface area contributed by atoms with Gasteiger partial charge in [-0.05, 0) is 33.8 Å². The Hall–Kier alpha value is -3.54. The molecule has 4 N–H and O–H groups in total. The van der Waals surface area contributed by atoms with Crippen LogP contribution in [-0.2, 0) is 0 Å². The molecule has 2 aromatic carbocycles. The molecule has 3 aromatic rings. The summed E-state index contributed by atoms with van der Waals surface area (Å²) >= 11 is 0. The van der Waals surface area contributed by atoms with Crippen molar-refractivity contribution < 1.29 is 0 Å². The van der Waals surface area contributed by atoms with Gasteiger partial charge in [0.05, 0.1) is 5.69 Å². The first-order chi connectivity index (χ1) is 14.3. The fourth-order valence-corrected chi connectivity index (χ4v) is 2.97.